The molecule has 0 unspecified atom stereocenters. The molecule has 10 nitrogen and oxygen atoms in total. The molecule has 0 radical (unpaired) electrons. The van der Waals surface area contributed by atoms with Crippen LogP contribution in [0.2, 0.25) is 5.02 Å². The van der Waals surface area contributed by atoms with E-state index < -0.39 is 22.8 Å². The maximum Gasteiger partial charge on any atom is 0.417 e. The number of anilines is 6. The van der Waals surface area contributed by atoms with Crippen molar-refractivity contribution in [1.29, 1.82) is 5.26 Å². The van der Waals surface area contributed by atoms with Crippen LogP contribution in [-0.4, -0.2) is 26.2 Å². The molecule has 0 saturated heterocycles. The van der Waals surface area contributed by atoms with E-state index in [1.54, 1.807) is 44.2 Å². The van der Waals surface area contributed by atoms with E-state index in [9.17, 15) is 18.0 Å². The van der Waals surface area contributed by atoms with Gasteiger partial charge in [-0.2, -0.15) is 28.5 Å². The highest BCUT2D eigenvalue weighted by atomic mass is 35.5. The number of urea groups is 1. The quantitative estimate of drug-likeness (QED) is 0.187. The van der Waals surface area contributed by atoms with E-state index >= 15 is 0 Å². The van der Waals surface area contributed by atoms with E-state index in [2.05, 4.69) is 41.4 Å². The van der Waals surface area contributed by atoms with Gasteiger partial charge in [0.25, 0.3) is 0 Å². The fraction of sp³-hybridized carbons (Fsp3) is 0.125. The van der Waals surface area contributed by atoms with Gasteiger partial charge in [0.05, 0.1) is 10.6 Å². The lowest BCUT2D eigenvalue weighted by Crippen LogP contribution is -2.20. The Bertz CT molecular complexity index is 1550. The van der Waals surface area contributed by atoms with Crippen LogP contribution in [0.25, 0.3) is 0 Å². The highest BCUT2D eigenvalue weighted by Crippen LogP contribution is 2.36. The maximum atomic E-state index is 13.1. The first-order chi connectivity index (χ1) is 18.0. The van der Waals surface area contributed by atoms with Crippen LogP contribution in [0.4, 0.5) is 52.6 Å². The Morgan fingerprint density at radius 3 is 2.37 bits per heavy atom. The number of alkyl halides is 3. The first-order valence-electron chi connectivity index (χ1n) is 10.9. The smallest absolute Gasteiger partial charge is 0.325 e. The Kier molecular flexibility index (Phi) is 7.35. The van der Waals surface area contributed by atoms with Crippen LogP contribution in [0.3, 0.4) is 0 Å². The predicted octanol–water partition coefficient (Wildman–Crippen LogP) is 6.49. The van der Waals surface area contributed by atoms with E-state index in [-0.39, 0.29) is 11.4 Å². The monoisotopic (exact) mass is 541 g/mol. The van der Waals surface area contributed by atoms with Crippen LogP contribution in [0, 0.1) is 25.2 Å². The van der Waals surface area contributed by atoms with Crippen LogP contribution >= 0.6 is 11.6 Å². The van der Waals surface area contributed by atoms with E-state index in [4.69, 9.17) is 16.9 Å². The Labute approximate surface area is 219 Å². The van der Waals surface area contributed by atoms with Gasteiger partial charge in [-0.15, -0.1) is 0 Å². The van der Waals surface area contributed by atoms with Crippen molar-refractivity contribution in [2.45, 2.75) is 20.0 Å². The summed E-state index contributed by atoms with van der Waals surface area (Å²) >= 11 is 5.62. The summed E-state index contributed by atoms with van der Waals surface area (Å²) in [6.45, 7) is 3.59. The molecule has 2 aromatic carbocycles. The number of hydrogen-bond acceptors (Lipinski definition) is 7. The molecule has 4 rings (SSSR count). The number of rotatable bonds is 6. The summed E-state index contributed by atoms with van der Waals surface area (Å²) < 4.78 is 39.2. The number of carbonyl (C=O) groups excluding carboxylic acids is 1. The molecular weight excluding hydrogens is 523 g/mol. The van der Waals surface area contributed by atoms with Gasteiger partial charge in [0.2, 0.25) is 5.95 Å². The van der Waals surface area contributed by atoms with Crippen molar-refractivity contribution in [2.75, 3.05) is 21.3 Å². The molecule has 2 amide bonds. The molecule has 14 heteroatoms. The molecule has 0 aliphatic rings. The lowest BCUT2D eigenvalue weighted by atomic mass is 10.1. The molecular formula is C24H19ClF3N9O. The van der Waals surface area contributed by atoms with Gasteiger partial charge in [0.15, 0.2) is 5.69 Å². The molecule has 2 heterocycles. The molecule has 0 aliphatic heterocycles. The first kappa shape index (κ1) is 26.2. The third-order valence-electron chi connectivity index (χ3n) is 5.07. The maximum absolute atomic E-state index is 13.1. The van der Waals surface area contributed by atoms with E-state index in [0.717, 1.165) is 17.7 Å². The minimum absolute atomic E-state index is 0.0609. The zero-order valence-electron chi connectivity index (χ0n) is 19.8. The Balaban J connectivity index is 1.43. The molecule has 194 valence electrons. The Morgan fingerprint density at radius 1 is 1.00 bits per heavy atom. The van der Waals surface area contributed by atoms with Gasteiger partial charge in [-0.05, 0) is 55.8 Å². The summed E-state index contributed by atoms with van der Waals surface area (Å²) in [5, 5.41) is 26.1. The number of halogens is 4. The number of hydrogen-bond donors (Lipinski definition) is 5. The van der Waals surface area contributed by atoms with Gasteiger partial charge >= 0.3 is 12.2 Å². The summed E-state index contributed by atoms with van der Waals surface area (Å²) in [4.78, 5) is 21.1. The summed E-state index contributed by atoms with van der Waals surface area (Å²) in [7, 11) is 0. The first-order valence-corrected chi connectivity index (χ1v) is 11.3. The average Bonchev–Trinajstić information content (AvgIpc) is 3.28. The van der Waals surface area contributed by atoms with Gasteiger partial charge in [0, 0.05) is 34.9 Å². The number of aryl methyl sites for hydroxylation is 2. The zero-order valence-corrected chi connectivity index (χ0v) is 20.6. The minimum atomic E-state index is -4.65. The zero-order chi connectivity index (χ0) is 27.4. The van der Waals surface area contributed by atoms with E-state index in [1.807, 2.05) is 6.07 Å². The number of nitrogens with one attached hydrogen (secondary N) is 5. The second kappa shape index (κ2) is 10.7. The normalized spacial score (nSPS) is 11.0. The van der Waals surface area contributed by atoms with Crippen LogP contribution in [-0.2, 0) is 6.18 Å². The van der Waals surface area contributed by atoms with Crippen molar-refractivity contribution < 1.29 is 18.0 Å². The molecule has 0 spiro atoms. The lowest BCUT2D eigenvalue weighted by molar-refractivity contribution is -0.137. The lowest BCUT2D eigenvalue weighted by Gasteiger charge is -2.14. The summed E-state index contributed by atoms with van der Waals surface area (Å²) in [6, 6.07) is 12.5. The van der Waals surface area contributed by atoms with Gasteiger partial charge in [-0.25, -0.2) is 9.78 Å². The van der Waals surface area contributed by atoms with Crippen molar-refractivity contribution in [3.8, 4) is 6.07 Å². The predicted molar refractivity (Wildman–Crippen MR) is 137 cm³/mol. The average molecular weight is 542 g/mol. The molecule has 0 fully saturated rings. The fourth-order valence-corrected chi connectivity index (χ4v) is 3.61. The molecule has 0 saturated carbocycles. The fourth-order valence-electron chi connectivity index (χ4n) is 3.39. The summed E-state index contributed by atoms with van der Waals surface area (Å²) in [5.41, 5.74) is 1.61. The third-order valence-corrected chi connectivity index (χ3v) is 5.40. The Morgan fingerprint density at radius 2 is 1.71 bits per heavy atom. The summed E-state index contributed by atoms with van der Waals surface area (Å²) in [5.74, 6) is 1.26. The third kappa shape index (κ3) is 6.48. The van der Waals surface area contributed by atoms with E-state index in [0.29, 0.717) is 34.7 Å². The summed E-state index contributed by atoms with van der Waals surface area (Å²) in [6.07, 6.45) is -4.65. The number of nitriles is 1. The second-order valence-corrected chi connectivity index (χ2v) is 8.46. The number of aromatic nitrogens is 4. The number of H-pyrrole nitrogens is 1. The molecule has 38 heavy (non-hydrogen) atoms. The van der Waals surface area contributed by atoms with Crippen molar-refractivity contribution in [3.05, 3.63) is 76.1 Å². The van der Waals surface area contributed by atoms with Crippen molar-refractivity contribution in [2.24, 2.45) is 0 Å². The highest BCUT2D eigenvalue weighted by molar-refractivity contribution is 6.31. The number of benzene rings is 2. The Hall–Kier alpha value is -4.83. The molecule has 4 aromatic rings. The molecule has 0 bridgehead atoms. The van der Waals surface area contributed by atoms with Crippen LogP contribution in [0.5, 0.6) is 0 Å². The molecule has 5 N–H and O–H groups in total. The number of aromatic amines is 1. The largest absolute Gasteiger partial charge is 0.417 e. The van der Waals surface area contributed by atoms with Crippen LogP contribution < -0.4 is 21.3 Å². The number of carbonyl (C=O) groups is 1. The standard InChI is InChI=1S/C24H19ClF3N9O/c1-12-7-14(31-23(38)32-15-3-5-18(25)17(9-15)24(26,27)28)4-6-19(12)33-22-30-13(2)8-20(35-22)34-21-10-16(11-29)36-37-21/h3-10H,1-2H3,(H2,31,32,38)(H3,30,33,34,35,36,37). The van der Waals surface area contributed by atoms with Crippen LogP contribution in [0.1, 0.15) is 22.5 Å². The number of amides is 2. The van der Waals surface area contributed by atoms with Gasteiger partial charge < -0.3 is 21.3 Å². The SMILES string of the molecule is Cc1cc(Nc2cc(C#N)n[nH]2)nc(Nc2ccc(NC(=O)Nc3ccc(Cl)c(C(F)(F)F)c3)cc2C)n1. The van der Waals surface area contributed by atoms with Gasteiger partial charge in [0.1, 0.15) is 17.7 Å². The molecule has 0 aliphatic carbocycles. The van der Waals surface area contributed by atoms with Crippen molar-refractivity contribution in [3.63, 3.8) is 0 Å². The van der Waals surface area contributed by atoms with Crippen LogP contribution in [0.15, 0.2) is 48.5 Å². The van der Waals surface area contributed by atoms with E-state index in [1.165, 1.54) is 6.07 Å². The molecule has 0 atom stereocenters. The van der Waals surface area contributed by atoms with Crippen molar-refractivity contribution in [1.82, 2.24) is 20.2 Å². The molecule has 2 aromatic heterocycles. The number of nitrogens with zero attached hydrogens (tertiary/aromatic N) is 4. The minimum Gasteiger partial charge on any atom is -0.325 e. The van der Waals surface area contributed by atoms with Gasteiger partial charge in [-0.1, -0.05) is 11.6 Å². The second-order valence-electron chi connectivity index (χ2n) is 8.05. The van der Waals surface area contributed by atoms with Crippen molar-refractivity contribution >= 4 is 52.3 Å². The van der Waals surface area contributed by atoms with Gasteiger partial charge in [-0.3, -0.25) is 5.10 Å². The topological polar surface area (TPSA) is 143 Å². The highest BCUT2D eigenvalue weighted by Gasteiger charge is 2.33.